The maximum atomic E-state index is 11.9. The van der Waals surface area contributed by atoms with Crippen molar-refractivity contribution in [3.63, 3.8) is 0 Å². The van der Waals surface area contributed by atoms with Gasteiger partial charge >= 0.3 is 0 Å². The second-order valence-electron chi connectivity index (χ2n) is 4.62. The Hall–Kier alpha value is -2.49. The van der Waals surface area contributed by atoms with Crippen molar-refractivity contribution in [1.82, 2.24) is 0 Å². The van der Waals surface area contributed by atoms with Gasteiger partial charge in [-0.05, 0) is 37.6 Å². The van der Waals surface area contributed by atoms with Crippen molar-refractivity contribution in [2.75, 3.05) is 17.7 Å². The van der Waals surface area contributed by atoms with E-state index in [1.165, 1.54) is 0 Å². The molecule has 104 valence electrons. The number of carbonyl (C=O) groups excluding carboxylic acids is 1. The molecule has 1 amide bonds. The van der Waals surface area contributed by atoms with Crippen LogP contribution in [-0.4, -0.2) is 12.5 Å². The molecule has 0 aliphatic carbocycles. The Morgan fingerprint density at radius 2 is 1.90 bits per heavy atom. The molecule has 20 heavy (non-hydrogen) atoms. The molecule has 2 aromatic carbocycles. The Morgan fingerprint density at radius 1 is 1.15 bits per heavy atom. The highest BCUT2D eigenvalue weighted by Crippen LogP contribution is 2.22. The summed E-state index contributed by atoms with van der Waals surface area (Å²) in [5, 5.41) is 2.82. The molecule has 2 rings (SSSR count). The minimum atomic E-state index is -0.193. The second-order valence-corrected chi connectivity index (χ2v) is 4.62. The number of aryl methyl sites for hydroxylation is 1. The Kier molecular flexibility index (Phi) is 4.25. The summed E-state index contributed by atoms with van der Waals surface area (Å²) >= 11 is 0. The number of para-hydroxylation sites is 1. The highest BCUT2D eigenvalue weighted by molar-refractivity contribution is 5.92. The van der Waals surface area contributed by atoms with Crippen LogP contribution < -0.4 is 15.8 Å². The Balaban J connectivity index is 1.96. The number of carbonyl (C=O) groups is 1. The summed E-state index contributed by atoms with van der Waals surface area (Å²) < 4.78 is 5.50. The SMILES string of the molecule is Cc1ccccc1NC(=O)COc1cccc(N)c1C. The number of benzene rings is 2. The van der Waals surface area contributed by atoms with E-state index in [9.17, 15) is 4.79 Å². The predicted molar refractivity (Wildman–Crippen MR) is 80.9 cm³/mol. The van der Waals surface area contributed by atoms with Crippen LogP contribution in [0.4, 0.5) is 11.4 Å². The van der Waals surface area contributed by atoms with Gasteiger partial charge in [0.15, 0.2) is 6.61 Å². The summed E-state index contributed by atoms with van der Waals surface area (Å²) in [7, 11) is 0. The number of nitrogens with two attached hydrogens (primary N) is 1. The molecule has 0 fully saturated rings. The van der Waals surface area contributed by atoms with Crippen LogP contribution in [0.15, 0.2) is 42.5 Å². The van der Waals surface area contributed by atoms with Crippen molar-refractivity contribution in [1.29, 1.82) is 0 Å². The third-order valence-corrected chi connectivity index (χ3v) is 3.10. The van der Waals surface area contributed by atoms with Gasteiger partial charge in [0.2, 0.25) is 0 Å². The summed E-state index contributed by atoms with van der Waals surface area (Å²) in [4.78, 5) is 11.9. The van der Waals surface area contributed by atoms with Crippen LogP contribution in [0.3, 0.4) is 0 Å². The van der Waals surface area contributed by atoms with E-state index in [4.69, 9.17) is 10.5 Å². The Labute approximate surface area is 118 Å². The lowest BCUT2D eigenvalue weighted by Crippen LogP contribution is -2.20. The number of ether oxygens (including phenoxy) is 1. The first kappa shape index (κ1) is 13.9. The third-order valence-electron chi connectivity index (χ3n) is 3.10. The van der Waals surface area contributed by atoms with E-state index >= 15 is 0 Å². The number of nitrogen functional groups attached to an aromatic ring is 1. The van der Waals surface area contributed by atoms with Crippen molar-refractivity contribution in [3.8, 4) is 5.75 Å². The first-order valence-corrected chi connectivity index (χ1v) is 6.41. The zero-order valence-electron chi connectivity index (χ0n) is 11.6. The van der Waals surface area contributed by atoms with Gasteiger partial charge < -0.3 is 15.8 Å². The number of anilines is 2. The van der Waals surface area contributed by atoms with Gasteiger partial charge in [0.1, 0.15) is 5.75 Å². The van der Waals surface area contributed by atoms with Crippen molar-refractivity contribution in [3.05, 3.63) is 53.6 Å². The molecule has 0 spiro atoms. The van der Waals surface area contributed by atoms with E-state index < -0.39 is 0 Å². The van der Waals surface area contributed by atoms with Crippen LogP contribution in [0.5, 0.6) is 5.75 Å². The molecule has 0 aliphatic rings. The lowest BCUT2D eigenvalue weighted by molar-refractivity contribution is -0.118. The van der Waals surface area contributed by atoms with E-state index in [1.807, 2.05) is 38.1 Å². The van der Waals surface area contributed by atoms with E-state index in [-0.39, 0.29) is 12.5 Å². The molecule has 2 aromatic rings. The minimum Gasteiger partial charge on any atom is -0.483 e. The van der Waals surface area contributed by atoms with Crippen LogP contribution in [0.25, 0.3) is 0 Å². The topological polar surface area (TPSA) is 64.3 Å². The molecule has 0 saturated heterocycles. The smallest absolute Gasteiger partial charge is 0.262 e. The van der Waals surface area contributed by atoms with E-state index in [2.05, 4.69) is 5.32 Å². The Bertz CT molecular complexity index is 624. The molecule has 3 N–H and O–H groups in total. The zero-order valence-corrected chi connectivity index (χ0v) is 11.6. The summed E-state index contributed by atoms with van der Waals surface area (Å²) in [5.41, 5.74) is 9.10. The normalized spacial score (nSPS) is 10.1. The largest absolute Gasteiger partial charge is 0.483 e. The van der Waals surface area contributed by atoms with Gasteiger partial charge in [-0.2, -0.15) is 0 Å². The number of hydrogen-bond donors (Lipinski definition) is 2. The van der Waals surface area contributed by atoms with Crippen molar-refractivity contribution in [2.45, 2.75) is 13.8 Å². The predicted octanol–water partition coefficient (Wildman–Crippen LogP) is 2.90. The zero-order chi connectivity index (χ0) is 14.5. The molecule has 0 atom stereocenters. The summed E-state index contributed by atoms with van der Waals surface area (Å²) in [6.07, 6.45) is 0. The molecule has 0 saturated carbocycles. The standard InChI is InChI=1S/C16H18N2O2/c1-11-6-3-4-8-14(11)18-16(19)10-20-15-9-5-7-13(17)12(15)2/h3-9H,10,17H2,1-2H3,(H,18,19). The quantitative estimate of drug-likeness (QED) is 0.840. The molecule has 0 aliphatic heterocycles. The fraction of sp³-hybridized carbons (Fsp3) is 0.188. The maximum absolute atomic E-state index is 11.9. The van der Waals surface area contributed by atoms with Crippen LogP contribution in [0, 0.1) is 13.8 Å². The number of nitrogens with one attached hydrogen (secondary N) is 1. The Morgan fingerprint density at radius 3 is 2.65 bits per heavy atom. The number of hydrogen-bond acceptors (Lipinski definition) is 3. The molecule has 4 nitrogen and oxygen atoms in total. The molecule has 0 aromatic heterocycles. The first-order chi connectivity index (χ1) is 9.58. The molecular weight excluding hydrogens is 252 g/mol. The van der Waals surface area contributed by atoms with E-state index in [0.717, 1.165) is 16.8 Å². The first-order valence-electron chi connectivity index (χ1n) is 6.41. The molecule has 4 heteroatoms. The maximum Gasteiger partial charge on any atom is 0.262 e. The molecule has 0 heterocycles. The summed E-state index contributed by atoms with van der Waals surface area (Å²) in [5.74, 6) is 0.436. The van der Waals surface area contributed by atoms with Gasteiger partial charge in [-0.15, -0.1) is 0 Å². The van der Waals surface area contributed by atoms with Gasteiger partial charge in [0.05, 0.1) is 0 Å². The fourth-order valence-corrected chi connectivity index (χ4v) is 1.83. The molecule has 0 radical (unpaired) electrons. The average Bonchev–Trinajstić information content (AvgIpc) is 2.43. The summed E-state index contributed by atoms with van der Waals surface area (Å²) in [6, 6.07) is 13.0. The minimum absolute atomic E-state index is 0.0430. The van der Waals surface area contributed by atoms with Crippen molar-refractivity contribution in [2.24, 2.45) is 0 Å². The van der Waals surface area contributed by atoms with Gasteiger partial charge in [0.25, 0.3) is 5.91 Å². The molecule has 0 bridgehead atoms. The van der Waals surface area contributed by atoms with Gasteiger partial charge in [-0.3, -0.25) is 4.79 Å². The van der Waals surface area contributed by atoms with Crippen LogP contribution in [0.2, 0.25) is 0 Å². The van der Waals surface area contributed by atoms with Crippen molar-refractivity contribution >= 4 is 17.3 Å². The number of amides is 1. The van der Waals surface area contributed by atoms with Crippen LogP contribution in [0.1, 0.15) is 11.1 Å². The van der Waals surface area contributed by atoms with E-state index in [0.29, 0.717) is 11.4 Å². The van der Waals surface area contributed by atoms with Gasteiger partial charge in [-0.25, -0.2) is 0 Å². The third kappa shape index (κ3) is 3.29. The van der Waals surface area contributed by atoms with Crippen LogP contribution in [-0.2, 0) is 4.79 Å². The fourth-order valence-electron chi connectivity index (χ4n) is 1.83. The lowest BCUT2D eigenvalue weighted by atomic mass is 10.2. The molecular formula is C16H18N2O2. The van der Waals surface area contributed by atoms with Gasteiger partial charge in [0, 0.05) is 16.9 Å². The number of rotatable bonds is 4. The second kappa shape index (κ2) is 6.10. The van der Waals surface area contributed by atoms with Crippen LogP contribution >= 0.6 is 0 Å². The molecule has 0 unspecified atom stereocenters. The van der Waals surface area contributed by atoms with Gasteiger partial charge in [-0.1, -0.05) is 24.3 Å². The highest BCUT2D eigenvalue weighted by atomic mass is 16.5. The lowest BCUT2D eigenvalue weighted by Gasteiger charge is -2.11. The average molecular weight is 270 g/mol. The highest BCUT2D eigenvalue weighted by Gasteiger charge is 2.07. The van der Waals surface area contributed by atoms with E-state index in [1.54, 1.807) is 18.2 Å². The summed E-state index contributed by atoms with van der Waals surface area (Å²) in [6.45, 7) is 3.76. The van der Waals surface area contributed by atoms with Crippen molar-refractivity contribution < 1.29 is 9.53 Å². The monoisotopic (exact) mass is 270 g/mol.